The van der Waals surface area contributed by atoms with Crippen molar-refractivity contribution in [3.63, 3.8) is 0 Å². The Kier molecular flexibility index (Phi) is 6.07. The highest BCUT2D eigenvalue weighted by molar-refractivity contribution is 5.73. The first-order valence-corrected chi connectivity index (χ1v) is 8.52. The maximum absolute atomic E-state index is 11.6. The highest BCUT2D eigenvalue weighted by Crippen LogP contribution is 2.26. The molecule has 2 aromatic rings. The van der Waals surface area contributed by atoms with E-state index >= 15 is 0 Å². The fourth-order valence-electron chi connectivity index (χ4n) is 2.55. The fourth-order valence-corrected chi connectivity index (χ4v) is 2.55. The number of rotatable bonds is 7. The van der Waals surface area contributed by atoms with Crippen molar-refractivity contribution >= 4 is 5.97 Å². The van der Waals surface area contributed by atoms with Gasteiger partial charge in [-0.1, -0.05) is 51.1 Å². The van der Waals surface area contributed by atoms with Crippen LogP contribution in [0.15, 0.2) is 48.5 Å². The summed E-state index contributed by atoms with van der Waals surface area (Å²) in [6, 6.07) is 15.1. The molecule has 0 saturated carbocycles. The van der Waals surface area contributed by atoms with E-state index in [1.165, 1.54) is 5.56 Å². The van der Waals surface area contributed by atoms with Crippen LogP contribution in [0.5, 0.6) is 11.5 Å². The topological polar surface area (TPSA) is 55.8 Å². The van der Waals surface area contributed by atoms with Crippen LogP contribution in [-0.4, -0.2) is 23.8 Å². The number of carboxylic acid groups (broad SMARTS) is 1. The Hall–Kier alpha value is -2.49. The molecule has 134 valence electrons. The van der Waals surface area contributed by atoms with Gasteiger partial charge in [-0.3, -0.25) is 0 Å². The second-order valence-electron chi connectivity index (χ2n) is 6.96. The van der Waals surface area contributed by atoms with Gasteiger partial charge in [0.25, 0.3) is 0 Å². The molecule has 0 bridgehead atoms. The summed E-state index contributed by atoms with van der Waals surface area (Å²) in [6.07, 6.45) is -0.728. The van der Waals surface area contributed by atoms with E-state index in [4.69, 9.17) is 9.47 Å². The molecule has 0 unspecified atom stereocenters. The van der Waals surface area contributed by atoms with E-state index in [9.17, 15) is 9.90 Å². The van der Waals surface area contributed by atoms with Crippen molar-refractivity contribution in [1.29, 1.82) is 0 Å². The van der Waals surface area contributed by atoms with Crippen molar-refractivity contribution in [2.75, 3.05) is 6.61 Å². The van der Waals surface area contributed by atoms with E-state index in [0.29, 0.717) is 18.1 Å². The Morgan fingerprint density at radius 2 is 1.72 bits per heavy atom. The molecule has 0 aliphatic carbocycles. The Bertz CT molecular complexity index is 699. The summed E-state index contributed by atoms with van der Waals surface area (Å²) in [6.45, 7) is 8.83. The maximum atomic E-state index is 11.6. The van der Waals surface area contributed by atoms with Crippen LogP contribution < -0.4 is 9.47 Å². The van der Waals surface area contributed by atoms with Crippen LogP contribution >= 0.6 is 0 Å². The second kappa shape index (κ2) is 8.06. The highest BCUT2D eigenvalue weighted by atomic mass is 16.5. The van der Waals surface area contributed by atoms with Crippen LogP contribution in [0.25, 0.3) is 0 Å². The Morgan fingerprint density at radius 1 is 1.08 bits per heavy atom. The maximum Gasteiger partial charge on any atom is 0.345 e. The lowest BCUT2D eigenvalue weighted by molar-refractivity contribution is -0.145. The molecule has 0 amide bonds. The van der Waals surface area contributed by atoms with Gasteiger partial charge in [-0.2, -0.15) is 0 Å². The normalized spacial score (nSPS) is 12.5. The summed E-state index contributed by atoms with van der Waals surface area (Å²) in [5.74, 6) is 0.253. The number of para-hydroxylation sites is 1. The van der Waals surface area contributed by atoms with Crippen molar-refractivity contribution in [2.45, 2.75) is 45.6 Å². The molecule has 0 heterocycles. The van der Waals surface area contributed by atoms with Crippen LogP contribution in [0, 0.1) is 0 Å². The molecule has 0 fully saturated rings. The number of aliphatic carboxylic acids is 1. The molecular formula is C21H26O4. The molecule has 2 aromatic carbocycles. The van der Waals surface area contributed by atoms with Gasteiger partial charge in [0.05, 0.1) is 6.61 Å². The lowest BCUT2D eigenvalue weighted by Gasteiger charge is -2.20. The summed E-state index contributed by atoms with van der Waals surface area (Å²) in [5.41, 5.74) is 2.04. The molecule has 1 N–H and O–H groups in total. The van der Waals surface area contributed by atoms with E-state index in [1.807, 2.05) is 55.5 Å². The molecule has 0 spiro atoms. The van der Waals surface area contributed by atoms with Crippen molar-refractivity contribution in [3.05, 3.63) is 59.7 Å². The van der Waals surface area contributed by atoms with E-state index in [2.05, 4.69) is 20.8 Å². The molecule has 4 heteroatoms. The average molecular weight is 342 g/mol. The van der Waals surface area contributed by atoms with Gasteiger partial charge in [-0.05, 0) is 41.7 Å². The molecule has 2 rings (SSSR count). The standard InChI is InChI=1S/C21H26O4/c1-5-24-18-9-7-6-8-15(18)14-19(20(22)23)25-17-12-10-16(11-13-17)21(2,3)4/h6-13,19H,5,14H2,1-4H3,(H,22,23)/t19-/m1/s1. The molecular weight excluding hydrogens is 316 g/mol. The van der Waals surface area contributed by atoms with Crippen LogP contribution in [0.1, 0.15) is 38.8 Å². The van der Waals surface area contributed by atoms with Crippen molar-refractivity contribution in [2.24, 2.45) is 0 Å². The molecule has 1 atom stereocenters. The predicted octanol–water partition coefficient (Wildman–Crippen LogP) is 4.46. The smallest absolute Gasteiger partial charge is 0.345 e. The first kappa shape index (κ1) is 18.8. The zero-order valence-corrected chi connectivity index (χ0v) is 15.3. The summed E-state index contributed by atoms with van der Waals surface area (Å²) in [4.78, 5) is 11.6. The molecule has 4 nitrogen and oxygen atoms in total. The third-order valence-corrected chi connectivity index (χ3v) is 3.95. The van der Waals surface area contributed by atoms with E-state index in [0.717, 1.165) is 5.56 Å². The van der Waals surface area contributed by atoms with Gasteiger partial charge < -0.3 is 14.6 Å². The Labute approximate surface area is 149 Å². The van der Waals surface area contributed by atoms with Crippen LogP contribution in [-0.2, 0) is 16.6 Å². The summed E-state index contributed by atoms with van der Waals surface area (Å²) >= 11 is 0. The van der Waals surface area contributed by atoms with Crippen LogP contribution in [0.2, 0.25) is 0 Å². The van der Waals surface area contributed by atoms with Gasteiger partial charge in [0.2, 0.25) is 0 Å². The minimum absolute atomic E-state index is 0.0428. The molecule has 0 aliphatic rings. The molecule has 0 aliphatic heterocycles. The molecule has 0 saturated heterocycles. The number of benzene rings is 2. The van der Waals surface area contributed by atoms with Crippen molar-refractivity contribution in [1.82, 2.24) is 0 Å². The fraction of sp³-hybridized carbons (Fsp3) is 0.381. The average Bonchev–Trinajstić information content (AvgIpc) is 2.55. The zero-order chi connectivity index (χ0) is 18.4. The van der Waals surface area contributed by atoms with Gasteiger partial charge in [-0.25, -0.2) is 4.79 Å². The summed E-state index contributed by atoms with van der Waals surface area (Å²) in [5, 5.41) is 9.53. The highest BCUT2D eigenvalue weighted by Gasteiger charge is 2.22. The van der Waals surface area contributed by atoms with Crippen LogP contribution in [0.3, 0.4) is 0 Å². The van der Waals surface area contributed by atoms with Gasteiger partial charge in [0.1, 0.15) is 11.5 Å². The van der Waals surface area contributed by atoms with E-state index in [1.54, 1.807) is 0 Å². The number of ether oxygens (including phenoxy) is 2. The Balaban J connectivity index is 2.15. The minimum atomic E-state index is -0.994. The first-order chi connectivity index (χ1) is 11.8. The van der Waals surface area contributed by atoms with Gasteiger partial charge in [0.15, 0.2) is 6.10 Å². The van der Waals surface area contributed by atoms with Gasteiger partial charge in [-0.15, -0.1) is 0 Å². The quantitative estimate of drug-likeness (QED) is 0.807. The van der Waals surface area contributed by atoms with Crippen molar-refractivity contribution in [3.8, 4) is 11.5 Å². The first-order valence-electron chi connectivity index (χ1n) is 8.52. The number of hydrogen-bond acceptors (Lipinski definition) is 3. The Morgan fingerprint density at radius 3 is 2.28 bits per heavy atom. The molecule has 0 radical (unpaired) electrons. The van der Waals surface area contributed by atoms with Crippen LogP contribution in [0.4, 0.5) is 0 Å². The van der Waals surface area contributed by atoms with Gasteiger partial charge >= 0.3 is 5.97 Å². The number of carbonyl (C=O) groups is 1. The number of carboxylic acids is 1. The van der Waals surface area contributed by atoms with E-state index in [-0.39, 0.29) is 11.8 Å². The van der Waals surface area contributed by atoms with Gasteiger partial charge in [0, 0.05) is 6.42 Å². The third-order valence-electron chi connectivity index (χ3n) is 3.95. The molecule has 25 heavy (non-hydrogen) atoms. The third kappa shape index (κ3) is 5.24. The minimum Gasteiger partial charge on any atom is -0.494 e. The summed E-state index contributed by atoms with van der Waals surface area (Å²) in [7, 11) is 0. The molecule has 0 aromatic heterocycles. The SMILES string of the molecule is CCOc1ccccc1C[C@@H](Oc1ccc(C(C)(C)C)cc1)C(=O)O. The zero-order valence-electron chi connectivity index (χ0n) is 15.3. The monoisotopic (exact) mass is 342 g/mol. The summed E-state index contributed by atoms with van der Waals surface area (Å²) < 4.78 is 11.3. The number of hydrogen-bond donors (Lipinski definition) is 1. The largest absolute Gasteiger partial charge is 0.494 e. The predicted molar refractivity (Wildman–Crippen MR) is 98.5 cm³/mol. The van der Waals surface area contributed by atoms with E-state index < -0.39 is 12.1 Å². The van der Waals surface area contributed by atoms with Crippen molar-refractivity contribution < 1.29 is 19.4 Å². The lowest BCUT2D eigenvalue weighted by Crippen LogP contribution is -2.29. The lowest BCUT2D eigenvalue weighted by atomic mass is 9.87. The second-order valence-corrected chi connectivity index (χ2v) is 6.96.